The van der Waals surface area contributed by atoms with Crippen molar-refractivity contribution in [1.29, 1.82) is 0 Å². The summed E-state index contributed by atoms with van der Waals surface area (Å²) in [6.07, 6.45) is 4.53. The van der Waals surface area contributed by atoms with Crippen LogP contribution in [-0.4, -0.2) is 40.6 Å². The van der Waals surface area contributed by atoms with Gasteiger partial charge in [-0.25, -0.2) is 9.97 Å². The second-order valence-corrected chi connectivity index (χ2v) is 8.32. The molecule has 1 saturated heterocycles. The molecule has 3 aromatic heterocycles. The number of amides is 1. The number of nitrogens with one attached hydrogen (secondary N) is 2. The molecular formula is C20H23N5O2S. The first-order chi connectivity index (χ1) is 13.6. The standard InChI is InChI=1S/C20H23N5O2S/c1-12-8-16-18(28-12)17(19(26)22-9-14-5-7-27-11-14)25-20(24-16)23-13(2)15-4-3-6-21-10-15/h3-4,6,8,10,13-14H,5,7,9,11H2,1-2H3,(H,22,26)(H,23,24,25)/t13?,14-/m1/s1. The zero-order valence-corrected chi connectivity index (χ0v) is 16.8. The molecule has 0 radical (unpaired) electrons. The van der Waals surface area contributed by atoms with Crippen molar-refractivity contribution < 1.29 is 9.53 Å². The molecule has 146 valence electrons. The van der Waals surface area contributed by atoms with Gasteiger partial charge in [-0.15, -0.1) is 11.3 Å². The number of hydrogen-bond acceptors (Lipinski definition) is 7. The molecule has 2 N–H and O–H groups in total. The minimum atomic E-state index is -0.168. The van der Waals surface area contributed by atoms with Gasteiger partial charge in [-0.2, -0.15) is 0 Å². The summed E-state index contributed by atoms with van der Waals surface area (Å²) >= 11 is 1.54. The molecular weight excluding hydrogens is 374 g/mol. The lowest BCUT2D eigenvalue weighted by molar-refractivity contribution is 0.0942. The molecule has 1 aliphatic rings. The van der Waals surface area contributed by atoms with Gasteiger partial charge in [-0.05, 0) is 38.0 Å². The second-order valence-electron chi connectivity index (χ2n) is 7.06. The predicted molar refractivity (Wildman–Crippen MR) is 110 cm³/mol. The fourth-order valence-electron chi connectivity index (χ4n) is 3.24. The maximum atomic E-state index is 12.9. The molecule has 0 saturated carbocycles. The predicted octanol–water partition coefficient (Wildman–Crippen LogP) is 3.33. The number of hydrogen-bond donors (Lipinski definition) is 2. The van der Waals surface area contributed by atoms with Crippen molar-refractivity contribution in [3.05, 3.63) is 46.7 Å². The number of rotatable bonds is 6. The molecule has 1 unspecified atom stereocenters. The number of pyridine rings is 1. The van der Waals surface area contributed by atoms with E-state index in [2.05, 4.69) is 25.6 Å². The summed E-state index contributed by atoms with van der Waals surface area (Å²) in [5, 5.41) is 6.31. The summed E-state index contributed by atoms with van der Waals surface area (Å²) in [5.41, 5.74) is 2.23. The van der Waals surface area contributed by atoms with Crippen molar-refractivity contribution in [2.75, 3.05) is 25.1 Å². The molecule has 7 nitrogen and oxygen atoms in total. The van der Waals surface area contributed by atoms with Gasteiger partial charge in [-0.1, -0.05) is 6.07 Å². The van der Waals surface area contributed by atoms with E-state index < -0.39 is 0 Å². The third-order valence-electron chi connectivity index (χ3n) is 4.82. The number of aryl methyl sites for hydroxylation is 1. The number of carbonyl (C=O) groups is 1. The van der Waals surface area contributed by atoms with Crippen LogP contribution in [0.15, 0.2) is 30.6 Å². The molecule has 4 heterocycles. The Morgan fingerprint density at radius 3 is 3.07 bits per heavy atom. The van der Waals surface area contributed by atoms with Crippen LogP contribution in [0, 0.1) is 12.8 Å². The third kappa shape index (κ3) is 4.13. The first kappa shape index (κ1) is 18.8. The zero-order valence-electron chi connectivity index (χ0n) is 15.9. The summed E-state index contributed by atoms with van der Waals surface area (Å²) in [6, 6.07) is 5.85. The van der Waals surface area contributed by atoms with Crippen LogP contribution in [-0.2, 0) is 4.74 Å². The smallest absolute Gasteiger partial charge is 0.271 e. The van der Waals surface area contributed by atoms with E-state index in [1.807, 2.05) is 38.2 Å². The number of aromatic nitrogens is 3. The van der Waals surface area contributed by atoms with E-state index in [-0.39, 0.29) is 11.9 Å². The maximum absolute atomic E-state index is 12.9. The third-order valence-corrected chi connectivity index (χ3v) is 5.86. The molecule has 8 heteroatoms. The summed E-state index contributed by atoms with van der Waals surface area (Å²) in [7, 11) is 0. The number of fused-ring (bicyclic) bond motifs is 1. The molecule has 1 fully saturated rings. The van der Waals surface area contributed by atoms with E-state index >= 15 is 0 Å². The van der Waals surface area contributed by atoms with Gasteiger partial charge in [0.2, 0.25) is 5.95 Å². The van der Waals surface area contributed by atoms with E-state index in [1.165, 1.54) is 0 Å². The number of nitrogens with zero attached hydrogens (tertiary/aromatic N) is 3. The highest BCUT2D eigenvalue weighted by Gasteiger charge is 2.21. The van der Waals surface area contributed by atoms with E-state index in [4.69, 9.17) is 4.74 Å². The van der Waals surface area contributed by atoms with Crippen molar-refractivity contribution in [1.82, 2.24) is 20.3 Å². The van der Waals surface area contributed by atoms with Crippen LogP contribution in [0.25, 0.3) is 10.2 Å². The minimum Gasteiger partial charge on any atom is -0.381 e. The summed E-state index contributed by atoms with van der Waals surface area (Å²) in [4.78, 5) is 27.3. The van der Waals surface area contributed by atoms with Gasteiger partial charge in [0.15, 0.2) is 5.69 Å². The molecule has 0 bridgehead atoms. The highest BCUT2D eigenvalue weighted by Crippen LogP contribution is 2.28. The lowest BCUT2D eigenvalue weighted by Gasteiger charge is -2.15. The Morgan fingerprint density at radius 2 is 2.32 bits per heavy atom. The molecule has 0 aliphatic carbocycles. The minimum absolute atomic E-state index is 0.0302. The monoisotopic (exact) mass is 397 g/mol. The van der Waals surface area contributed by atoms with Crippen molar-refractivity contribution in [2.45, 2.75) is 26.3 Å². The van der Waals surface area contributed by atoms with Crippen LogP contribution < -0.4 is 10.6 Å². The highest BCUT2D eigenvalue weighted by molar-refractivity contribution is 7.19. The molecule has 1 aliphatic heterocycles. The van der Waals surface area contributed by atoms with Crippen molar-refractivity contribution in [2.24, 2.45) is 5.92 Å². The Kier molecular flexibility index (Phi) is 5.50. The van der Waals surface area contributed by atoms with Crippen LogP contribution in [0.5, 0.6) is 0 Å². The van der Waals surface area contributed by atoms with Gasteiger partial charge in [0.25, 0.3) is 5.91 Å². The van der Waals surface area contributed by atoms with E-state index in [0.29, 0.717) is 30.7 Å². The average Bonchev–Trinajstić information content (AvgIpc) is 3.34. The fraction of sp³-hybridized carbons (Fsp3) is 0.400. The van der Waals surface area contributed by atoms with Crippen molar-refractivity contribution >= 4 is 33.4 Å². The first-order valence-corrected chi connectivity index (χ1v) is 10.2. The Balaban J connectivity index is 1.58. The van der Waals surface area contributed by atoms with Gasteiger partial charge in [0.05, 0.1) is 22.9 Å². The Bertz CT molecular complexity index is 969. The van der Waals surface area contributed by atoms with E-state index in [9.17, 15) is 4.79 Å². The molecule has 28 heavy (non-hydrogen) atoms. The first-order valence-electron chi connectivity index (χ1n) is 9.40. The fourth-order valence-corrected chi connectivity index (χ4v) is 4.18. The Morgan fingerprint density at radius 1 is 1.43 bits per heavy atom. The number of thiophene rings is 1. The van der Waals surface area contributed by atoms with Gasteiger partial charge < -0.3 is 15.4 Å². The summed E-state index contributed by atoms with van der Waals surface area (Å²) in [6.45, 7) is 6.10. The van der Waals surface area contributed by atoms with E-state index in [0.717, 1.165) is 33.7 Å². The van der Waals surface area contributed by atoms with Crippen LogP contribution >= 0.6 is 11.3 Å². The van der Waals surface area contributed by atoms with Gasteiger partial charge >= 0.3 is 0 Å². The van der Waals surface area contributed by atoms with Gasteiger partial charge in [0.1, 0.15) is 0 Å². The molecule has 3 aromatic rings. The van der Waals surface area contributed by atoms with Crippen LogP contribution in [0.2, 0.25) is 0 Å². The summed E-state index contributed by atoms with van der Waals surface area (Å²) < 4.78 is 6.20. The quantitative estimate of drug-likeness (QED) is 0.663. The van der Waals surface area contributed by atoms with E-state index in [1.54, 1.807) is 17.5 Å². The maximum Gasteiger partial charge on any atom is 0.271 e. The summed E-state index contributed by atoms with van der Waals surface area (Å²) in [5.74, 6) is 0.642. The molecule has 1 amide bonds. The number of carbonyl (C=O) groups excluding carboxylic acids is 1. The highest BCUT2D eigenvalue weighted by atomic mass is 32.1. The Hall–Kier alpha value is -2.58. The SMILES string of the molecule is Cc1cc2nc(NC(C)c3cccnc3)nc(C(=O)NC[C@H]3CCOC3)c2s1. The van der Waals surface area contributed by atoms with Crippen LogP contribution in [0.3, 0.4) is 0 Å². The van der Waals surface area contributed by atoms with Crippen molar-refractivity contribution in [3.63, 3.8) is 0 Å². The topological polar surface area (TPSA) is 89.0 Å². The van der Waals surface area contributed by atoms with Gasteiger partial charge in [0, 0.05) is 36.3 Å². The zero-order chi connectivity index (χ0) is 19.5. The number of ether oxygens (including phenoxy) is 1. The van der Waals surface area contributed by atoms with Crippen LogP contribution in [0.4, 0.5) is 5.95 Å². The largest absolute Gasteiger partial charge is 0.381 e. The second kappa shape index (κ2) is 8.20. The lowest BCUT2D eigenvalue weighted by Crippen LogP contribution is -2.30. The van der Waals surface area contributed by atoms with Crippen LogP contribution in [0.1, 0.15) is 40.3 Å². The average molecular weight is 398 g/mol. The molecule has 2 atom stereocenters. The van der Waals surface area contributed by atoms with Gasteiger partial charge in [-0.3, -0.25) is 9.78 Å². The molecule has 0 spiro atoms. The van der Waals surface area contributed by atoms with Crippen molar-refractivity contribution in [3.8, 4) is 0 Å². The molecule has 0 aromatic carbocycles. The Labute approximate surface area is 167 Å². The number of anilines is 1. The lowest BCUT2D eigenvalue weighted by atomic mass is 10.1. The molecule has 4 rings (SSSR count). The normalized spacial score (nSPS) is 17.6.